The lowest BCUT2D eigenvalue weighted by Gasteiger charge is -2.09. The van der Waals surface area contributed by atoms with Crippen LogP contribution in [0.15, 0.2) is 30.3 Å². The summed E-state index contributed by atoms with van der Waals surface area (Å²) in [7, 11) is 0. The first-order valence-corrected chi connectivity index (χ1v) is 9.55. The average Bonchev–Trinajstić information content (AvgIpc) is 2.91. The van der Waals surface area contributed by atoms with Gasteiger partial charge < -0.3 is 10.1 Å². The smallest absolute Gasteiger partial charge is 0.348 e. The van der Waals surface area contributed by atoms with E-state index in [1.54, 1.807) is 24.3 Å². The van der Waals surface area contributed by atoms with Gasteiger partial charge in [-0.1, -0.05) is 18.6 Å². The molecule has 0 spiro atoms. The fourth-order valence-electron chi connectivity index (χ4n) is 3.06. The molecule has 1 aromatic carbocycles. The van der Waals surface area contributed by atoms with Gasteiger partial charge in [0.1, 0.15) is 4.88 Å². The second-order valence-electron chi connectivity index (χ2n) is 6.35. The van der Waals surface area contributed by atoms with Crippen LogP contribution in [-0.4, -0.2) is 24.3 Å². The molecule has 0 unspecified atom stereocenters. The van der Waals surface area contributed by atoms with Crippen molar-refractivity contribution >= 4 is 34.7 Å². The van der Waals surface area contributed by atoms with Crippen molar-refractivity contribution in [2.24, 2.45) is 0 Å². The molecule has 0 fully saturated rings. The Kier molecular flexibility index (Phi) is 5.83. The highest BCUT2D eigenvalue weighted by molar-refractivity contribution is 7.14. The minimum atomic E-state index is -0.474. The standard InChI is InChI=1S/C20H21NO4S/c1-13(22)15-8-5-6-9-16(15)21-19(23)12-25-20(24)18-11-14-7-3-2-4-10-17(14)26-18/h5-6,8-9,11H,2-4,7,10,12H2,1H3,(H,21,23). The highest BCUT2D eigenvalue weighted by Crippen LogP contribution is 2.29. The number of benzene rings is 1. The summed E-state index contributed by atoms with van der Waals surface area (Å²) >= 11 is 1.47. The molecule has 1 aromatic heterocycles. The molecule has 6 heteroatoms. The number of nitrogens with one attached hydrogen (secondary N) is 1. The number of amides is 1. The number of thiophene rings is 1. The molecule has 1 N–H and O–H groups in total. The van der Waals surface area contributed by atoms with Crippen LogP contribution in [0.25, 0.3) is 0 Å². The predicted molar refractivity (Wildman–Crippen MR) is 101 cm³/mol. The van der Waals surface area contributed by atoms with Crippen LogP contribution in [-0.2, 0) is 22.4 Å². The van der Waals surface area contributed by atoms with Gasteiger partial charge in [-0.15, -0.1) is 11.3 Å². The van der Waals surface area contributed by atoms with Gasteiger partial charge in [0.15, 0.2) is 12.4 Å². The highest BCUT2D eigenvalue weighted by atomic mass is 32.1. The zero-order chi connectivity index (χ0) is 18.5. The summed E-state index contributed by atoms with van der Waals surface area (Å²) in [5.74, 6) is -1.08. The van der Waals surface area contributed by atoms with Crippen molar-refractivity contribution in [3.63, 3.8) is 0 Å². The second-order valence-corrected chi connectivity index (χ2v) is 7.48. The third-order valence-electron chi connectivity index (χ3n) is 4.36. The third-order valence-corrected chi connectivity index (χ3v) is 5.58. The number of Topliss-reactive ketones (excluding diaryl/α,β-unsaturated/α-hetero) is 1. The maximum Gasteiger partial charge on any atom is 0.348 e. The number of ketones is 1. The molecule has 0 saturated heterocycles. The topological polar surface area (TPSA) is 72.5 Å². The maximum atomic E-state index is 12.2. The largest absolute Gasteiger partial charge is 0.451 e. The van der Waals surface area contributed by atoms with E-state index in [2.05, 4.69) is 5.32 Å². The Morgan fingerprint density at radius 3 is 2.69 bits per heavy atom. The van der Waals surface area contributed by atoms with Gasteiger partial charge in [0.25, 0.3) is 5.91 Å². The number of aryl methyl sites for hydroxylation is 2. The van der Waals surface area contributed by atoms with Gasteiger partial charge in [0.05, 0.1) is 5.69 Å². The fourth-order valence-corrected chi connectivity index (χ4v) is 4.20. The number of para-hydroxylation sites is 1. The van der Waals surface area contributed by atoms with E-state index in [9.17, 15) is 14.4 Å². The number of esters is 1. The number of carbonyl (C=O) groups excluding carboxylic acids is 3. The van der Waals surface area contributed by atoms with E-state index >= 15 is 0 Å². The lowest BCUT2D eigenvalue weighted by atomic mass is 10.1. The van der Waals surface area contributed by atoms with Crippen LogP contribution in [0.5, 0.6) is 0 Å². The van der Waals surface area contributed by atoms with E-state index in [-0.39, 0.29) is 12.4 Å². The van der Waals surface area contributed by atoms with Gasteiger partial charge in [0, 0.05) is 10.4 Å². The quantitative estimate of drug-likeness (QED) is 0.490. The van der Waals surface area contributed by atoms with Crippen molar-refractivity contribution in [2.45, 2.75) is 39.0 Å². The SMILES string of the molecule is CC(=O)c1ccccc1NC(=O)COC(=O)c1cc2c(s1)CCCCC2. The molecule has 136 valence electrons. The number of carbonyl (C=O) groups is 3. The van der Waals surface area contributed by atoms with Crippen LogP contribution in [0, 0.1) is 0 Å². The number of hydrogen-bond donors (Lipinski definition) is 1. The minimum absolute atomic E-state index is 0.141. The van der Waals surface area contributed by atoms with Crippen LogP contribution in [0.3, 0.4) is 0 Å². The van der Waals surface area contributed by atoms with E-state index in [4.69, 9.17) is 4.74 Å². The van der Waals surface area contributed by atoms with E-state index in [0.29, 0.717) is 16.1 Å². The summed E-state index contributed by atoms with van der Waals surface area (Å²) in [6.07, 6.45) is 5.54. The predicted octanol–water partition coefficient (Wildman–Crippen LogP) is 4.02. The first kappa shape index (κ1) is 18.3. The summed E-state index contributed by atoms with van der Waals surface area (Å²) < 4.78 is 5.15. The molecule has 0 saturated carbocycles. The monoisotopic (exact) mass is 371 g/mol. The first-order valence-electron chi connectivity index (χ1n) is 8.73. The zero-order valence-electron chi connectivity index (χ0n) is 14.7. The lowest BCUT2D eigenvalue weighted by molar-refractivity contribution is -0.119. The van der Waals surface area contributed by atoms with Gasteiger partial charge in [-0.25, -0.2) is 4.79 Å². The Labute approximate surface area is 156 Å². The summed E-state index contributed by atoms with van der Waals surface area (Å²) in [5, 5.41) is 2.62. The van der Waals surface area contributed by atoms with Crippen LogP contribution in [0.1, 0.15) is 56.7 Å². The van der Waals surface area contributed by atoms with Crippen LogP contribution < -0.4 is 5.32 Å². The van der Waals surface area contributed by atoms with Crippen LogP contribution in [0.4, 0.5) is 5.69 Å². The second kappa shape index (κ2) is 8.27. The van der Waals surface area contributed by atoms with Crippen molar-refractivity contribution in [3.05, 3.63) is 51.2 Å². The van der Waals surface area contributed by atoms with E-state index < -0.39 is 11.9 Å². The lowest BCUT2D eigenvalue weighted by Crippen LogP contribution is -2.21. The van der Waals surface area contributed by atoms with E-state index in [0.717, 1.165) is 25.7 Å². The molecule has 0 atom stereocenters. The van der Waals surface area contributed by atoms with Crippen molar-refractivity contribution in [1.29, 1.82) is 0 Å². The molecular formula is C20H21NO4S. The first-order chi connectivity index (χ1) is 12.5. The van der Waals surface area contributed by atoms with Crippen LogP contribution in [0.2, 0.25) is 0 Å². The molecule has 0 radical (unpaired) electrons. The molecule has 26 heavy (non-hydrogen) atoms. The van der Waals surface area contributed by atoms with E-state index in [1.807, 2.05) is 6.07 Å². The summed E-state index contributed by atoms with van der Waals surface area (Å²) in [6.45, 7) is 1.06. The van der Waals surface area contributed by atoms with Gasteiger partial charge in [-0.05, 0) is 56.4 Å². The summed E-state index contributed by atoms with van der Waals surface area (Å²) in [5.41, 5.74) is 2.08. The Bertz CT molecular complexity index is 817. The Morgan fingerprint density at radius 2 is 1.88 bits per heavy atom. The van der Waals surface area contributed by atoms with Crippen molar-refractivity contribution < 1.29 is 19.1 Å². The normalized spacial score (nSPS) is 13.4. The van der Waals surface area contributed by atoms with Crippen LogP contribution >= 0.6 is 11.3 Å². The Morgan fingerprint density at radius 1 is 1.12 bits per heavy atom. The molecule has 2 aromatic rings. The van der Waals surface area contributed by atoms with Gasteiger partial charge in [-0.3, -0.25) is 9.59 Å². The molecule has 1 heterocycles. The van der Waals surface area contributed by atoms with Crippen molar-refractivity contribution in [3.8, 4) is 0 Å². The highest BCUT2D eigenvalue weighted by Gasteiger charge is 2.18. The zero-order valence-corrected chi connectivity index (χ0v) is 15.5. The van der Waals surface area contributed by atoms with Gasteiger partial charge in [0.2, 0.25) is 0 Å². The molecule has 3 rings (SSSR count). The van der Waals surface area contributed by atoms with E-state index in [1.165, 1.54) is 35.1 Å². The van der Waals surface area contributed by atoms with Crippen molar-refractivity contribution in [1.82, 2.24) is 0 Å². The average molecular weight is 371 g/mol. The molecule has 0 bridgehead atoms. The Balaban J connectivity index is 1.58. The molecule has 1 aliphatic rings. The number of anilines is 1. The van der Waals surface area contributed by atoms with Gasteiger partial charge >= 0.3 is 5.97 Å². The fraction of sp³-hybridized carbons (Fsp3) is 0.350. The molecular weight excluding hydrogens is 350 g/mol. The van der Waals surface area contributed by atoms with Crippen molar-refractivity contribution in [2.75, 3.05) is 11.9 Å². The molecule has 1 amide bonds. The summed E-state index contributed by atoms with van der Waals surface area (Å²) in [6, 6.07) is 8.64. The third kappa shape index (κ3) is 4.38. The number of rotatable bonds is 5. The minimum Gasteiger partial charge on any atom is -0.451 e. The molecule has 1 aliphatic carbocycles. The summed E-state index contributed by atoms with van der Waals surface area (Å²) in [4.78, 5) is 37.7. The molecule has 0 aliphatic heterocycles. The number of hydrogen-bond acceptors (Lipinski definition) is 5. The number of fused-ring (bicyclic) bond motifs is 1. The number of ether oxygens (including phenoxy) is 1. The maximum absolute atomic E-state index is 12.2. The Hall–Kier alpha value is -2.47. The van der Waals surface area contributed by atoms with Gasteiger partial charge in [-0.2, -0.15) is 0 Å². The molecule has 5 nitrogen and oxygen atoms in total.